The van der Waals surface area contributed by atoms with Crippen molar-refractivity contribution in [1.82, 2.24) is 15.2 Å². The number of hydrogen-bond acceptors (Lipinski definition) is 5. The Balaban J connectivity index is 1.59. The van der Waals surface area contributed by atoms with Gasteiger partial charge in [-0.25, -0.2) is 9.78 Å². The number of nitrogens with one attached hydrogen (secondary N) is 1. The molecule has 3 rings (SSSR count). The molecule has 2 heterocycles. The van der Waals surface area contributed by atoms with Gasteiger partial charge in [-0.3, -0.25) is 9.69 Å². The Morgan fingerprint density at radius 1 is 1.41 bits per heavy atom. The number of amides is 3. The Morgan fingerprint density at radius 3 is 2.77 bits per heavy atom. The molecule has 1 saturated heterocycles. The Kier molecular flexibility index (Phi) is 4.06. The van der Waals surface area contributed by atoms with Crippen molar-refractivity contribution in [2.45, 2.75) is 6.92 Å². The van der Waals surface area contributed by atoms with Crippen LogP contribution in [0, 0.1) is 6.92 Å². The number of carbonyl (C=O) groups is 2. The van der Waals surface area contributed by atoms with E-state index in [1.54, 1.807) is 23.5 Å². The maximum absolute atomic E-state index is 11.9. The van der Waals surface area contributed by atoms with E-state index in [0.29, 0.717) is 18.8 Å². The molecule has 114 valence electrons. The number of aromatic nitrogens is 1. The summed E-state index contributed by atoms with van der Waals surface area (Å²) in [6.07, 6.45) is 0. The first-order valence-corrected chi connectivity index (χ1v) is 7.75. The minimum absolute atomic E-state index is 0.150. The summed E-state index contributed by atoms with van der Waals surface area (Å²) in [5.74, 6) is 0.250. The first-order valence-electron chi connectivity index (χ1n) is 6.87. The van der Waals surface area contributed by atoms with Gasteiger partial charge in [0.2, 0.25) is 0 Å². The number of imide groups is 1. The molecular weight excluding hydrogens is 302 g/mol. The van der Waals surface area contributed by atoms with Gasteiger partial charge in [-0.15, -0.1) is 11.3 Å². The minimum atomic E-state index is -0.358. The van der Waals surface area contributed by atoms with Crippen molar-refractivity contribution in [3.8, 4) is 16.3 Å². The van der Waals surface area contributed by atoms with Gasteiger partial charge in [-0.1, -0.05) is 0 Å². The summed E-state index contributed by atoms with van der Waals surface area (Å²) in [6, 6.07) is 7.04. The molecule has 1 aromatic carbocycles. The molecule has 0 aliphatic carbocycles. The maximum atomic E-state index is 11.9. The van der Waals surface area contributed by atoms with Crippen LogP contribution in [0.4, 0.5) is 4.79 Å². The molecule has 1 N–H and O–H groups in total. The van der Waals surface area contributed by atoms with Gasteiger partial charge in [0, 0.05) is 29.7 Å². The Morgan fingerprint density at radius 2 is 2.18 bits per heavy atom. The van der Waals surface area contributed by atoms with Crippen molar-refractivity contribution in [1.29, 1.82) is 0 Å². The average Bonchev–Trinajstić information content (AvgIpc) is 3.14. The van der Waals surface area contributed by atoms with Crippen molar-refractivity contribution in [3.63, 3.8) is 0 Å². The molecule has 2 aromatic rings. The van der Waals surface area contributed by atoms with Crippen LogP contribution in [0.3, 0.4) is 0 Å². The number of thiazole rings is 1. The van der Waals surface area contributed by atoms with Crippen LogP contribution >= 0.6 is 11.3 Å². The van der Waals surface area contributed by atoms with Crippen LogP contribution in [0.25, 0.3) is 10.6 Å². The van der Waals surface area contributed by atoms with Gasteiger partial charge in [-0.2, -0.15) is 0 Å². The molecule has 0 atom stereocenters. The van der Waals surface area contributed by atoms with Gasteiger partial charge in [0.25, 0.3) is 5.91 Å². The van der Waals surface area contributed by atoms with Crippen LogP contribution in [0.15, 0.2) is 29.6 Å². The second-order valence-corrected chi connectivity index (χ2v) is 5.74. The first-order chi connectivity index (χ1) is 10.6. The number of ether oxygens (including phenoxy) is 1. The lowest BCUT2D eigenvalue weighted by Crippen LogP contribution is -2.37. The molecule has 0 spiro atoms. The van der Waals surface area contributed by atoms with Crippen molar-refractivity contribution in [2.75, 3.05) is 19.7 Å². The Labute approximate surface area is 131 Å². The molecule has 6 nitrogen and oxygen atoms in total. The second-order valence-electron chi connectivity index (χ2n) is 4.88. The lowest BCUT2D eigenvalue weighted by atomic mass is 10.2. The molecule has 0 unspecified atom stereocenters. The van der Waals surface area contributed by atoms with Crippen LogP contribution in [0.2, 0.25) is 0 Å². The molecular formula is C15H15N3O3S. The molecule has 1 aromatic heterocycles. The largest absolute Gasteiger partial charge is 0.484 e. The van der Waals surface area contributed by atoms with E-state index in [0.717, 1.165) is 21.2 Å². The number of urea groups is 1. The van der Waals surface area contributed by atoms with Crippen molar-refractivity contribution >= 4 is 23.3 Å². The fourth-order valence-electron chi connectivity index (χ4n) is 2.11. The normalized spacial score (nSPS) is 14.0. The summed E-state index contributed by atoms with van der Waals surface area (Å²) >= 11 is 1.59. The minimum Gasteiger partial charge on any atom is -0.484 e. The smallest absolute Gasteiger partial charge is 0.324 e. The fourth-order valence-corrected chi connectivity index (χ4v) is 2.92. The van der Waals surface area contributed by atoms with Gasteiger partial charge >= 0.3 is 6.03 Å². The van der Waals surface area contributed by atoms with Crippen LogP contribution in [0.5, 0.6) is 5.75 Å². The van der Waals surface area contributed by atoms with Crippen LogP contribution in [-0.4, -0.2) is 41.5 Å². The SMILES string of the molecule is Cc1csc(-c2ccc(OCC(=O)N3CCNC3=O)cc2)n1. The summed E-state index contributed by atoms with van der Waals surface area (Å²) in [5.41, 5.74) is 2.01. The Bertz CT molecular complexity index is 696. The van der Waals surface area contributed by atoms with Gasteiger partial charge in [0.05, 0.1) is 0 Å². The van der Waals surface area contributed by atoms with Crippen molar-refractivity contribution in [3.05, 3.63) is 35.3 Å². The molecule has 1 aliphatic rings. The van der Waals surface area contributed by atoms with Gasteiger partial charge in [0.15, 0.2) is 6.61 Å². The molecule has 0 saturated carbocycles. The topological polar surface area (TPSA) is 71.5 Å². The lowest BCUT2D eigenvalue weighted by Gasteiger charge is -2.12. The number of carbonyl (C=O) groups excluding carboxylic acids is 2. The average molecular weight is 317 g/mol. The molecule has 22 heavy (non-hydrogen) atoms. The third-order valence-corrected chi connectivity index (χ3v) is 4.25. The molecule has 1 aliphatic heterocycles. The monoisotopic (exact) mass is 317 g/mol. The van der Waals surface area contributed by atoms with Crippen molar-refractivity contribution in [2.24, 2.45) is 0 Å². The van der Waals surface area contributed by atoms with E-state index >= 15 is 0 Å². The van der Waals surface area contributed by atoms with Crippen LogP contribution < -0.4 is 10.1 Å². The number of rotatable bonds is 4. The summed E-state index contributed by atoms with van der Waals surface area (Å²) < 4.78 is 5.44. The van der Waals surface area contributed by atoms with E-state index in [1.165, 1.54) is 0 Å². The van der Waals surface area contributed by atoms with E-state index in [4.69, 9.17) is 4.74 Å². The second kappa shape index (κ2) is 6.15. The zero-order valence-corrected chi connectivity index (χ0v) is 12.9. The first kappa shape index (κ1) is 14.5. The third kappa shape index (κ3) is 3.09. The quantitative estimate of drug-likeness (QED) is 0.937. The number of nitrogens with zero attached hydrogens (tertiary/aromatic N) is 2. The summed E-state index contributed by atoms with van der Waals surface area (Å²) in [4.78, 5) is 28.8. The Hall–Kier alpha value is -2.41. The highest BCUT2D eigenvalue weighted by molar-refractivity contribution is 7.13. The van der Waals surface area contributed by atoms with E-state index < -0.39 is 0 Å². The third-order valence-electron chi connectivity index (χ3n) is 3.24. The molecule has 0 bridgehead atoms. The molecule has 3 amide bonds. The standard InChI is InChI=1S/C15H15N3O3S/c1-10-9-22-14(17-10)11-2-4-12(5-3-11)21-8-13(19)18-7-6-16-15(18)20/h2-5,9H,6-8H2,1H3,(H,16,20). The summed E-state index contributed by atoms with van der Waals surface area (Å²) in [6.45, 7) is 2.69. The van der Waals surface area contributed by atoms with Gasteiger partial charge in [-0.05, 0) is 31.2 Å². The van der Waals surface area contributed by atoms with Crippen LogP contribution in [-0.2, 0) is 4.79 Å². The number of aryl methyl sites for hydroxylation is 1. The summed E-state index contributed by atoms with van der Waals surface area (Å²) in [5, 5.41) is 5.53. The number of hydrogen-bond donors (Lipinski definition) is 1. The number of benzene rings is 1. The van der Waals surface area contributed by atoms with Gasteiger partial charge in [0.1, 0.15) is 10.8 Å². The lowest BCUT2D eigenvalue weighted by molar-refractivity contribution is -0.129. The van der Waals surface area contributed by atoms with E-state index in [9.17, 15) is 9.59 Å². The highest BCUT2D eigenvalue weighted by Gasteiger charge is 2.26. The highest BCUT2D eigenvalue weighted by atomic mass is 32.1. The zero-order chi connectivity index (χ0) is 15.5. The highest BCUT2D eigenvalue weighted by Crippen LogP contribution is 2.25. The zero-order valence-electron chi connectivity index (χ0n) is 12.0. The predicted octanol–water partition coefficient (Wildman–Crippen LogP) is 2.05. The van der Waals surface area contributed by atoms with Crippen LogP contribution in [0.1, 0.15) is 5.69 Å². The van der Waals surface area contributed by atoms with Gasteiger partial charge < -0.3 is 10.1 Å². The molecule has 7 heteroatoms. The maximum Gasteiger partial charge on any atom is 0.324 e. The fraction of sp³-hybridized carbons (Fsp3) is 0.267. The van der Waals surface area contributed by atoms with E-state index in [1.807, 2.05) is 24.4 Å². The molecule has 1 fully saturated rings. The van der Waals surface area contributed by atoms with E-state index in [2.05, 4.69) is 10.3 Å². The van der Waals surface area contributed by atoms with Crippen molar-refractivity contribution < 1.29 is 14.3 Å². The predicted molar refractivity (Wildman–Crippen MR) is 82.9 cm³/mol. The van der Waals surface area contributed by atoms with E-state index in [-0.39, 0.29) is 18.5 Å². The summed E-state index contributed by atoms with van der Waals surface area (Å²) in [7, 11) is 0. The molecule has 0 radical (unpaired) electrons.